The van der Waals surface area contributed by atoms with Gasteiger partial charge in [-0.3, -0.25) is 4.52 Å². The van der Waals surface area contributed by atoms with Crippen LogP contribution in [0.15, 0.2) is 17.8 Å². The zero-order valence-corrected chi connectivity index (χ0v) is 18.8. The van der Waals surface area contributed by atoms with Crippen molar-refractivity contribution in [2.75, 3.05) is 6.61 Å². The Labute approximate surface area is 177 Å². The molecule has 0 spiro atoms. The minimum atomic E-state index is -5.62. The van der Waals surface area contributed by atoms with E-state index in [4.69, 9.17) is 31.6 Å². The molecule has 1 saturated heterocycles. The normalized spacial score (nSPS) is 26.5. The molecule has 0 bridgehead atoms. The summed E-state index contributed by atoms with van der Waals surface area (Å²) in [7, 11) is -16.4. The molecule has 2 aromatic heterocycles. The van der Waals surface area contributed by atoms with Crippen LogP contribution < -0.4 is 0 Å². The fraction of sp³-hybridized carbons (Fsp3) is 0.455. The molecule has 3 rings (SSSR count). The summed E-state index contributed by atoms with van der Waals surface area (Å²) in [6.45, 7) is -0.753. The number of fused-ring (bicyclic) bond motifs is 1. The molecule has 0 amide bonds. The quantitative estimate of drug-likeness (QED) is 0.247. The van der Waals surface area contributed by atoms with E-state index in [0.29, 0.717) is 10.2 Å². The van der Waals surface area contributed by atoms with Crippen LogP contribution in [0, 0.1) is 4.64 Å². The van der Waals surface area contributed by atoms with Crippen LogP contribution in [0.5, 0.6) is 0 Å². The molecule has 0 saturated carbocycles. The minimum Gasteiger partial charge on any atom is -0.390 e. The zero-order chi connectivity index (χ0) is 22.3. The second-order valence-electron chi connectivity index (χ2n) is 5.91. The second kappa shape index (κ2) is 8.85. The lowest BCUT2D eigenvalue weighted by atomic mass is 10.2. The number of pyridine rings is 1. The number of phosphoric ester groups is 1. The van der Waals surface area contributed by atoms with Gasteiger partial charge in [0.1, 0.15) is 17.0 Å². The highest BCUT2D eigenvalue weighted by molar-refractivity contribution is 7.71. The van der Waals surface area contributed by atoms with E-state index in [0.717, 1.165) is 4.70 Å². The first-order valence-corrected chi connectivity index (χ1v) is 13.6. The number of ether oxygens (including phenoxy) is 1. The number of aromatic nitrogens is 2. The Hall–Kier alpha value is -0.410. The van der Waals surface area contributed by atoms with Crippen LogP contribution >= 0.6 is 47.0 Å². The van der Waals surface area contributed by atoms with Gasteiger partial charge in [-0.2, -0.15) is 8.62 Å². The highest BCUT2D eigenvalue weighted by atomic mass is 32.1. The molecule has 1 aliphatic rings. The van der Waals surface area contributed by atoms with Crippen molar-refractivity contribution in [3.05, 3.63) is 22.4 Å². The molecule has 0 aromatic carbocycles. The predicted molar refractivity (Wildman–Crippen MR) is 103 cm³/mol. The smallest absolute Gasteiger partial charge is 0.390 e. The number of phosphoric acid groups is 3. The van der Waals surface area contributed by atoms with Crippen molar-refractivity contribution in [2.24, 2.45) is 0 Å². The van der Waals surface area contributed by atoms with E-state index in [2.05, 4.69) is 18.1 Å². The molecule has 1 fully saturated rings. The summed E-state index contributed by atoms with van der Waals surface area (Å²) in [4.78, 5) is 39.8. The van der Waals surface area contributed by atoms with Crippen molar-refractivity contribution in [1.82, 2.24) is 9.55 Å². The minimum absolute atomic E-state index is 0.0586. The molecular weight excluding hydrogens is 509 g/mol. The lowest BCUT2D eigenvalue weighted by Gasteiger charge is -2.19. The number of hydrogen-bond acceptors (Lipinski definition) is 11. The third kappa shape index (κ3) is 6.09. The lowest BCUT2D eigenvalue weighted by molar-refractivity contribution is -0.0438. The average Bonchev–Trinajstić information content (AvgIpc) is 3.17. The van der Waals surface area contributed by atoms with Crippen LogP contribution in [0.4, 0.5) is 0 Å². The molecule has 3 heterocycles. The largest absolute Gasteiger partial charge is 0.490 e. The fourth-order valence-electron chi connectivity index (χ4n) is 2.60. The third-order valence-corrected chi connectivity index (χ3v) is 8.94. The van der Waals surface area contributed by atoms with Crippen molar-refractivity contribution in [1.29, 1.82) is 0 Å². The van der Waals surface area contributed by atoms with E-state index < -0.39 is 48.5 Å². The number of aliphatic hydroxyl groups is 1. The van der Waals surface area contributed by atoms with Crippen molar-refractivity contribution in [3.63, 3.8) is 0 Å². The van der Waals surface area contributed by atoms with Gasteiger partial charge in [-0.15, -0.1) is 11.3 Å². The molecule has 14 nitrogen and oxygen atoms in total. The van der Waals surface area contributed by atoms with Crippen LogP contribution in [-0.2, 0) is 31.6 Å². The SMILES string of the molecule is O=P(O)(O)OP(=O)(O)OP(=O)(O)OC[C@H]1O[C@@H](n2ccc3ncsc3c2=S)CC1O. The molecule has 5 N–H and O–H groups in total. The molecule has 168 valence electrons. The van der Waals surface area contributed by atoms with Gasteiger partial charge in [0.25, 0.3) is 0 Å². The second-order valence-corrected chi connectivity index (χ2v) is 11.6. The van der Waals surface area contributed by atoms with Gasteiger partial charge in [-0.05, 0) is 6.07 Å². The maximum Gasteiger partial charge on any atom is 0.490 e. The number of rotatable bonds is 8. The Morgan fingerprint density at radius 2 is 1.93 bits per heavy atom. The van der Waals surface area contributed by atoms with E-state index in [-0.39, 0.29) is 6.42 Å². The van der Waals surface area contributed by atoms with Gasteiger partial charge in [0.05, 0.1) is 28.4 Å². The van der Waals surface area contributed by atoms with E-state index in [1.165, 1.54) is 11.3 Å². The highest BCUT2D eigenvalue weighted by Gasteiger charge is 2.42. The molecule has 2 aromatic rings. The highest BCUT2D eigenvalue weighted by Crippen LogP contribution is 2.66. The van der Waals surface area contributed by atoms with E-state index >= 15 is 0 Å². The summed E-state index contributed by atoms with van der Waals surface area (Å²) in [5.74, 6) is 0. The van der Waals surface area contributed by atoms with Crippen molar-refractivity contribution in [3.8, 4) is 0 Å². The van der Waals surface area contributed by atoms with Gasteiger partial charge in [0.2, 0.25) is 0 Å². The summed E-state index contributed by atoms with van der Waals surface area (Å²) in [5.41, 5.74) is 2.32. The van der Waals surface area contributed by atoms with Crippen LogP contribution in [0.25, 0.3) is 10.2 Å². The first kappa shape index (κ1) is 24.2. The number of aliphatic hydroxyl groups excluding tert-OH is 1. The predicted octanol–water partition coefficient (Wildman–Crippen LogP) is 1.82. The third-order valence-electron chi connectivity index (χ3n) is 3.75. The van der Waals surface area contributed by atoms with Gasteiger partial charge in [-0.25, -0.2) is 18.7 Å². The average molecular weight is 524 g/mol. The summed E-state index contributed by atoms with van der Waals surface area (Å²) >= 11 is 6.72. The first-order valence-electron chi connectivity index (χ1n) is 7.82. The van der Waals surface area contributed by atoms with Crippen molar-refractivity contribution >= 4 is 57.2 Å². The monoisotopic (exact) mass is 524 g/mol. The van der Waals surface area contributed by atoms with Gasteiger partial charge >= 0.3 is 23.5 Å². The lowest BCUT2D eigenvalue weighted by Crippen LogP contribution is -2.26. The molecule has 0 aliphatic carbocycles. The number of hydrogen-bond donors (Lipinski definition) is 5. The Morgan fingerprint density at radius 1 is 1.23 bits per heavy atom. The topological polar surface area (TPSA) is 207 Å². The van der Waals surface area contributed by atoms with Gasteiger partial charge in [0.15, 0.2) is 0 Å². The maximum absolute atomic E-state index is 11.8. The Bertz CT molecular complexity index is 1130. The number of thiazole rings is 1. The van der Waals surface area contributed by atoms with Crippen LogP contribution in [-0.4, -0.2) is 53.0 Å². The first-order chi connectivity index (χ1) is 13.8. The summed E-state index contributed by atoms with van der Waals surface area (Å²) in [6.07, 6.45) is -1.34. The maximum atomic E-state index is 11.8. The Balaban J connectivity index is 1.64. The van der Waals surface area contributed by atoms with Crippen LogP contribution in [0.3, 0.4) is 0 Å². The summed E-state index contributed by atoms with van der Waals surface area (Å²) in [6, 6.07) is 1.71. The zero-order valence-electron chi connectivity index (χ0n) is 14.5. The molecule has 0 radical (unpaired) electrons. The molecule has 1 aliphatic heterocycles. The van der Waals surface area contributed by atoms with E-state index in [1.807, 2.05) is 0 Å². The van der Waals surface area contributed by atoms with E-state index in [9.17, 15) is 23.7 Å². The van der Waals surface area contributed by atoms with Gasteiger partial charge in [0, 0.05) is 12.6 Å². The molecule has 19 heteroatoms. The standard InChI is InChI=1S/C11H15N2O12P3S2/c14-7-3-9(13-2-1-6-10(11(13)29)30-5-12-6)23-8(7)4-22-27(18,19)25-28(20,21)24-26(15,16)17/h1-2,5,7-9,14H,3-4H2,(H,18,19)(H,20,21)(H2,15,16,17)/t7?,8-,9-/m1/s1. The number of nitrogens with zero attached hydrogens (tertiary/aromatic N) is 2. The molecule has 5 atom stereocenters. The molecular formula is C11H15N2O12P3S2. The Morgan fingerprint density at radius 3 is 2.60 bits per heavy atom. The Kier molecular flexibility index (Phi) is 7.15. The molecule has 3 unspecified atom stereocenters. The van der Waals surface area contributed by atoms with E-state index in [1.54, 1.807) is 22.3 Å². The van der Waals surface area contributed by atoms with Crippen LogP contribution in [0.1, 0.15) is 12.6 Å². The van der Waals surface area contributed by atoms with Crippen LogP contribution in [0.2, 0.25) is 0 Å². The fourth-order valence-corrected chi connectivity index (χ4v) is 6.78. The summed E-state index contributed by atoms with van der Waals surface area (Å²) in [5, 5.41) is 10.2. The van der Waals surface area contributed by atoms with Gasteiger partial charge in [-0.1, -0.05) is 12.2 Å². The van der Waals surface area contributed by atoms with Crippen molar-refractivity contribution in [2.45, 2.75) is 24.9 Å². The summed E-state index contributed by atoms with van der Waals surface area (Å²) < 4.78 is 53.8. The van der Waals surface area contributed by atoms with Gasteiger partial charge < -0.3 is 34.0 Å². The molecule has 30 heavy (non-hydrogen) atoms. The van der Waals surface area contributed by atoms with Crippen molar-refractivity contribution < 1.29 is 56.3 Å².